The maximum Gasteiger partial charge on any atom is 0.245 e. The van der Waals surface area contributed by atoms with Crippen LogP contribution in [0.5, 0.6) is 0 Å². The van der Waals surface area contributed by atoms with Gasteiger partial charge in [-0.2, -0.15) is 5.48 Å². The van der Waals surface area contributed by atoms with Crippen molar-refractivity contribution in [1.29, 1.82) is 0 Å². The van der Waals surface area contributed by atoms with Gasteiger partial charge in [-0.3, -0.25) is 4.79 Å². The molecular weight excluding hydrogens is 246 g/mol. The number of hydrogen-bond donors (Lipinski definition) is 1. The van der Waals surface area contributed by atoms with Crippen molar-refractivity contribution in [3.63, 3.8) is 0 Å². The van der Waals surface area contributed by atoms with E-state index in [-0.39, 0.29) is 17.7 Å². The summed E-state index contributed by atoms with van der Waals surface area (Å²) < 4.78 is 5.62. The summed E-state index contributed by atoms with van der Waals surface area (Å²) in [6, 6.07) is 1.82. The lowest BCUT2D eigenvalue weighted by Crippen LogP contribution is -2.22. The largest absolute Gasteiger partial charge is 0.441 e. The van der Waals surface area contributed by atoms with E-state index in [2.05, 4.69) is 20.3 Å². The molecule has 0 radical (unpaired) electrons. The summed E-state index contributed by atoms with van der Waals surface area (Å²) in [5.74, 6) is 0.608. The number of Topliss-reactive ketones (excluding diaryl/α,β-unsaturated/α-hetero) is 1. The Morgan fingerprint density at radius 3 is 2.84 bits per heavy atom. The average molecular weight is 263 g/mol. The van der Waals surface area contributed by atoms with Gasteiger partial charge in [0.1, 0.15) is 17.0 Å². The molecule has 0 saturated heterocycles. The highest BCUT2D eigenvalue weighted by molar-refractivity contribution is 5.96. The Morgan fingerprint density at radius 2 is 2.21 bits per heavy atom. The maximum atomic E-state index is 11.8. The van der Waals surface area contributed by atoms with E-state index in [0.717, 1.165) is 5.76 Å². The zero-order chi connectivity index (χ0) is 14.0. The van der Waals surface area contributed by atoms with E-state index < -0.39 is 0 Å². The molecule has 6 heteroatoms. The number of aromatic nitrogens is 2. The van der Waals surface area contributed by atoms with Crippen LogP contribution in [0.3, 0.4) is 0 Å². The minimum absolute atomic E-state index is 0.0562. The van der Waals surface area contributed by atoms with Crippen molar-refractivity contribution in [3.05, 3.63) is 23.7 Å². The summed E-state index contributed by atoms with van der Waals surface area (Å²) in [5, 5.41) is 0. The second kappa shape index (κ2) is 5.07. The molecule has 0 bridgehead atoms. The van der Waals surface area contributed by atoms with E-state index in [4.69, 9.17) is 4.42 Å². The van der Waals surface area contributed by atoms with Gasteiger partial charge in [0.25, 0.3) is 0 Å². The van der Waals surface area contributed by atoms with Crippen molar-refractivity contribution in [3.8, 4) is 0 Å². The van der Waals surface area contributed by atoms with Gasteiger partial charge in [0, 0.05) is 11.5 Å². The highest BCUT2D eigenvalue weighted by Gasteiger charge is 2.20. The molecule has 0 amide bonds. The molecule has 2 rings (SSSR count). The van der Waals surface area contributed by atoms with E-state index in [1.54, 1.807) is 0 Å². The Labute approximate surface area is 111 Å². The molecule has 0 aliphatic rings. The third-order valence-corrected chi connectivity index (χ3v) is 2.64. The van der Waals surface area contributed by atoms with Crippen molar-refractivity contribution in [2.75, 3.05) is 13.7 Å². The molecule has 0 unspecified atom stereocenters. The lowest BCUT2D eigenvalue weighted by molar-refractivity contribution is 0.0732. The fourth-order valence-electron chi connectivity index (χ4n) is 1.56. The number of carbonyl (C=O) groups excluding carboxylic acids is 1. The van der Waals surface area contributed by atoms with Gasteiger partial charge < -0.3 is 9.25 Å². The van der Waals surface area contributed by atoms with Gasteiger partial charge in [0.05, 0.1) is 19.9 Å². The molecule has 0 aliphatic heterocycles. The molecule has 1 N–H and O–H groups in total. The van der Waals surface area contributed by atoms with Crippen LogP contribution in [-0.4, -0.2) is 29.4 Å². The zero-order valence-corrected chi connectivity index (χ0v) is 11.5. The number of nitrogens with one attached hydrogen (secondary N) is 1. The predicted molar refractivity (Wildman–Crippen MR) is 69.8 cm³/mol. The van der Waals surface area contributed by atoms with E-state index >= 15 is 0 Å². The molecular formula is C13H17N3O3. The summed E-state index contributed by atoms with van der Waals surface area (Å²) in [6.07, 6.45) is 1.41. The van der Waals surface area contributed by atoms with E-state index in [1.165, 1.54) is 13.3 Å². The number of hydroxylamine groups is 1. The smallest absolute Gasteiger partial charge is 0.245 e. The summed E-state index contributed by atoms with van der Waals surface area (Å²) in [5.41, 5.74) is 3.69. The maximum absolute atomic E-state index is 11.8. The quantitative estimate of drug-likeness (QED) is 0.670. The number of hydrogen-bond acceptors (Lipinski definition) is 6. The van der Waals surface area contributed by atoms with Crippen LogP contribution in [0.25, 0.3) is 11.2 Å². The van der Waals surface area contributed by atoms with Crippen LogP contribution in [0.4, 0.5) is 0 Å². The Bertz CT molecular complexity index is 599. The van der Waals surface area contributed by atoms with Crippen LogP contribution in [-0.2, 0) is 10.3 Å². The molecule has 0 fully saturated rings. The van der Waals surface area contributed by atoms with Gasteiger partial charge in [-0.1, -0.05) is 20.8 Å². The normalized spacial score (nSPS) is 12.0. The third kappa shape index (κ3) is 2.97. The van der Waals surface area contributed by atoms with Crippen molar-refractivity contribution in [2.24, 2.45) is 0 Å². The predicted octanol–water partition coefficient (Wildman–Crippen LogP) is 1.85. The Morgan fingerprint density at radius 1 is 1.47 bits per heavy atom. The fraction of sp³-hybridized carbons (Fsp3) is 0.462. The van der Waals surface area contributed by atoms with Crippen LogP contribution in [0.2, 0.25) is 0 Å². The highest BCUT2D eigenvalue weighted by Crippen LogP contribution is 2.27. The molecule has 102 valence electrons. The van der Waals surface area contributed by atoms with Crippen LogP contribution >= 0.6 is 0 Å². The number of carbonyl (C=O) groups is 1. The molecule has 19 heavy (non-hydrogen) atoms. The molecule has 2 aromatic rings. The van der Waals surface area contributed by atoms with Gasteiger partial charge in [-0.05, 0) is 0 Å². The lowest BCUT2D eigenvalue weighted by Gasteiger charge is -2.13. The summed E-state index contributed by atoms with van der Waals surface area (Å²) >= 11 is 0. The average Bonchev–Trinajstić information content (AvgIpc) is 2.78. The Balaban J connectivity index is 2.33. The first-order valence-electron chi connectivity index (χ1n) is 5.98. The number of nitrogens with zero attached hydrogens (tertiary/aromatic N) is 2. The van der Waals surface area contributed by atoms with Crippen molar-refractivity contribution in [2.45, 2.75) is 26.2 Å². The SMILES string of the molecule is CONCC(=O)c1cnc2oc(C(C)(C)C)cc2n1. The minimum atomic E-state index is -0.185. The first-order valence-corrected chi connectivity index (χ1v) is 5.98. The van der Waals surface area contributed by atoms with E-state index in [1.807, 2.05) is 26.8 Å². The highest BCUT2D eigenvalue weighted by atomic mass is 16.6. The van der Waals surface area contributed by atoms with Gasteiger partial charge in [-0.25, -0.2) is 9.97 Å². The van der Waals surface area contributed by atoms with Crippen LogP contribution in [0.1, 0.15) is 37.0 Å². The Kier molecular flexibility index (Phi) is 3.64. The second-order valence-corrected chi connectivity index (χ2v) is 5.25. The van der Waals surface area contributed by atoms with Crippen molar-refractivity contribution >= 4 is 17.0 Å². The summed E-state index contributed by atoms with van der Waals surface area (Å²) in [4.78, 5) is 24.8. The Hall–Kier alpha value is -1.79. The number of furan rings is 1. The number of ketones is 1. The molecule has 0 atom stereocenters. The molecule has 2 aromatic heterocycles. The monoisotopic (exact) mass is 263 g/mol. The first kappa shape index (κ1) is 13.6. The topological polar surface area (TPSA) is 77.2 Å². The standard InChI is InChI=1S/C13H17N3O3/c1-13(2,3)11-5-8-12(19-11)14-6-9(16-8)10(17)7-15-18-4/h5-6,15H,7H2,1-4H3. The summed E-state index contributed by atoms with van der Waals surface area (Å²) in [7, 11) is 1.45. The molecule has 0 aromatic carbocycles. The fourth-order valence-corrected chi connectivity index (χ4v) is 1.56. The van der Waals surface area contributed by atoms with Gasteiger partial charge >= 0.3 is 0 Å². The third-order valence-electron chi connectivity index (χ3n) is 2.64. The molecule has 2 heterocycles. The van der Waals surface area contributed by atoms with Crippen molar-refractivity contribution < 1.29 is 14.0 Å². The minimum Gasteiger partial charge on any atom is -0.441 e. The zero-order valence-electron chi connectivity index (χ0n) is 11.5. The van der Waals surface area contributed by atoms with Gasteiger partial charge in [0.2, 0.25) is 5.71 Å². The van der Waals surface area contributed by atoms with Gasteiger partial charge in [-0.15, -0.1) is 0 Å². The van der Waals surface area contributed by atoms with Crippen LogP contribution in [0.15, 0.2) is 16.7 Å². The van der Waals surface area contributed by atoms with Crippen LogP contribution in [0, 0.1) is 0 Å². The van der Waals surface area contributed by atoms with E-state index in [9.17, 15) is 4.79 Å². The number of fused-ring (bicyclic) bond motifs is 1. The molecule has 6 nitrogen and oxygen atoms in total. The van der Waals surface area contributed by atoms with Crippen molar-refractivity contribution in [1.82, 2.24) is 15.4 Å². The number of rotatable bonds is 4. The molecule has 0 saturated carbocycles. The lowest BCUT2D eigenvalue weighted by atomic mass is 9.93. The molecule has 0 aliphatic carbocycles. The van der Waals surface area contributed by atoms with Gasteiger partial charge in [0.15, 0.2) is 5.78 Å². The van der Waals surface area contributed by atoms with Crippen LogP contribution < -0.4 is 5.48 Å². The molecule has 0 spiro atoms. The van der Waals surface area contributed by atoms with E-state index in [0.29, 0.717) is 16.9 Å². The second-order valence-electron chi connectivity index (χ2n) is 5.25. The summed E-state index contributed by atoms with van der Waals surface area (Å²) in [6.45, 7) is 6.18. The first-order chi connectivity index (χ1) is 8.91.